The van der Waals surface area contributed by atoms with Gasteiger partial charge < -0.3 is 4.43 Å². The number of nitro benzene ring substituents is 1. The maximum absolute atomic E-state index is 11.0. The number of halogens is 1. The van der Waals surface area contributed by atoms with Gasteiger partial charge in [-0.25, -0.2) is 0 Å². The van der Waals surface area contributed by atoms with E-state index >= 15 is 0 Å². The van der Waals surface area contributed by atoms with Crippen LogP contribution in [0.5, 0.6) is 5.75 Å². The topological polar surface area (TPSA) is 52.4 Å². The first-order valence-corrected chi connectivity index (χ1v) is 9.05. The van der Waals surface area contributed by atoms with E-state index in [0.29, 0.717) is 11.3 Å². The molecule has 0 atom stereocenters. The first kappa shape index (κ1) is 13.2. The molecule has 0 radical (unpaired) electrons. The van der Waals surface area contributed by atoms with Gasteiger partial charge in [0.2, 0.25) is 8.32 Å². The predicted molar refractivity (Wildman–Crippen MR) is 69.5 cm³/mol. The summed E-state index contributed by atoms with van der Waals surface area (Å²) in [4.78, 5) is 10.6. The minimum Gasteiger partial charge on any atom is -0.540 e. The fourth-order valence-electron chi connectivity index (χ4n) is 1.29. The molecule has 16 heavy (non-hydrogen) atoms. The van der Waals surface area contributed by atoms with E-state index in [1.807, 2.05) is 19.6 Å². The van der Waals surface area contributed by atoms with Crippen molar-refractivity contribution in [1.82, 2.24) is 0 Å². The van der Waals surface area contributed by atoms with E-state index in [-0.39, 0.29) is 5.69 Å². The predicted octanol–water partition coefficient (Wildman–Crippen LogP) is 3.88. The second-order valence-corrected chi connectivity index (χ2v) is 9.77. The second-order valence-electron chi connectivity index (χ2n) is 4.49. The standard InChI is InChI=1S/C10H14BrNO3Si/c1-7-8(11)5-6-9(10(7)12(13)14)15-16(2,3)4/h5-6H,1-4H3. The SMILES string of the molecule is Cc1c(Br)ccc(O[Si](C)(C)C)c1[N+](=O)[O-]. The summed E-state index contributed by atoms with van der Waals surface area (Å²) in [5, 5.41) is 11.0. The Hall–Kier alpha value is -0.883. The Morgan fingerprint density at radius 1 is 1.38 bits per heavy atom. The number of benzene rings is 1. The van der Waals surface area contributed by atoms with Gasteiger partial charge in [-0.1, -0.05) is 15.9 Å². The van der Waals surface area contributed by atoms with E-state index in [9.17, 15) is 10.1 Å². The lowest BCUT2D eigenvalue weighted by Crippen LogP contribution is -2.29. The van der Waals surface area contributed by atoms with Crippen molar-refractivity contribution < 1.29 is 9.35 Å². The molecule has 0 fully saturated rings. The first-order valence-electron chi connectivity index (χ1n) is 4.85. The summed E-state index contributed by atoms with van der Waals surface area (Å²) < 4.78 is 6.43. The monoisotopic (exact) mass is 303 g/mol. The van der Waals surface area contributed by atoms with E-state index in [0.717, 1.165) is 4.47 Å². The summed E-state index contributed by atoms with van der Waals surface area (Å²) in [6.45, 7) is 7.69. The first-order chi connectivity index (χ1) is 7.22. The van der Waals surface area contributed by atoms with Crippen LogP contribution in [-0.4, -0.2) is 13.2 Å². The molecule has 1 aromatic rings. The van der Waals surface area contributed by atoms with Crippen molar-refractivity contribution >= 4 is 29.9 Å². The number of hydrogen-bond acceptors (Lipinski definition) is 3. The minimum atomic E-state index is -1.84. The van der Waals surface area contributed by atoms with Gasteiger partial charge >= 0.3 is 5.69 Å². The highest BCUT2D eigenvalue weighted by atomic mass is 79.9. The summed E-state index contributed by atoms with van der Waals surface area (Å²) in [5.74, 6) is 0.366. The molecule has 0 amide bonds. The maximum atomic E-state index is 11.0. The van der Waals surface area contributed by atoms with Gasteiger partial charge in [-0.15, -0.1) is 0 Å². The molecule has 0 saturated carbocycles. The summed E-state index contributed by atoms with van der Waals surface area (Å²) in [6, 6.07) is 3.42. The zero-order valence-corrected chi connectivity index (χ0v) is 12.3. The van der Waals surface area contributed by atoms with E-state index in [4.69, 9.17) is 4.43 Å². The smallest absolute Gasteiger partial charge is 0.313 e. The van der Waals surface area contributed by atoms with Crippen LogP contribution in [-0.2, 0) is 0 Å². The average molecular weight is 304 g/mol. The van der Waals surface area contributed by atoms with Crippen molar-refractivity contribution in [2.45, 2.75) is 26.6 Å². The fourth-order valence-corrected chi connectivity index (χ4v) is 2.43. The number of rotatable bonds is 3. The zero-order valence-electron chi connectivity index (χ0n) is 9.70. The van der Waals surface area contributed by atoms with Crippen LogP contribution in [0.2, 0.25) is 19.6 Å². The van der Waals surface area contributed by atoms with Crippen molar-refractivity contribution in [3.63, 3.8) is 0 Å². The van der Waals surface area contributed by atoms with Crippen molar-refractivity contribution in [1.29, 1.82) is 0 Å². The molecule has 0 spiro atoms. The Kier molecular flexibility index (Phi) is 3.74. The van der Waals surface area contributed by atoms with Gasteiger partial charge in [0.05, 0.1) is 4.92 Å². The quantitative estimate of drug-likeness (QED) is 0.484. The van der Waals surface area contributed by atoms with Crippen molar-refractivity contribution in [2.75, 3.05) is 0 Å². The Labute approximate surface area is 104 Å². The van der Waals surface area contributed by atoms with Crippen LogP contribution in [0, 0.1) is 17.0 Å². The van der Waals surface area contributed by atoms with Gasteiger partial charge in [0, 0.05) is 10.0 Å². The van der Waals surface area contributed by atoms with Crippen molar-refractivity contribution in [3.05, 3.63) is 32.3 Å². The van der Waals surface area contributed by atoms with E-state index in [1.54, 1.807) is 19.1 Å². The van der Waals surface area contributed by atoms with Gasteiger partial charge in [-0.05, 0) is 38.7 Å². The van der Waals surface area contributed by atoms with Crippen LogP contribution in [0.1, 0.15) is 5.56 Å². The van der Waals surface area contributed by atoms with Gasteiger partial charge in [0.25, 0.3) is 0 Å². The Morgan fingerprint density at radius 3 is 2.38 bits per heavy atom. The largest absolute Gasteiger partial charge is 0.540 e. The maximum Gasteiger partial charge on any atom is 0.313 e. The molecule has 0 aromatic heterocycles. The molecule has 0 heterocycles. The molecule has 88 valence electrons. The molecule has 0 unspecified atom stereocenters. The summed E-state index contributed by atoms with van der Waals surface area (Å²) in [7, 11) is -1.84. The van der Waals surface area contributed by atoms with Crippen LogP contribution in [0.25, 0.3) is 0 Å². The van der Waals surface area contributed by atoms with Crippen LogP contribution < -0.4 is 4.43 Å². The Morgan fingerprint density at radius 2 is 1.94 bits per heavy atom. The number of nitrogens with zero attached hydrogens (tertiary/aromatic N) is 1. The molecule has 1 aromatic carbocycles. The van der Waals surface area contributed by atoms with Crippen LogP contribution in [0.15, 0.2) is 16.6 Å². The van der Waals surface area contributed by atoms with E-state index in [1.165, 1.54) is 0 Å². The Balaban J connectivity index is 3.29. The van der Waals surface area contributed by atoms with Crippen LogP contribution >= 0.6 is 15.9 Å². The highest BCUT2D eigenvalue weighted by molar-refractivity contribution is 9.10. The molecule has 0 bridgehead atoms. The minimum absolute atomic E-state index is 0.0526. The number of nitro groups is 1. The third kappa shape index (κ3) is 3.05. The van der Waals surface area contributed by atoms with E-state index < -0.39 is 13.2 Å². The van der Waals surface area contributed by atoms with Crippen molar-refractivity contribution in [3.8, 4) is 5.75 Å². The number of hydrogen-bond donors (Lipinski definition) is 0. The van der Waals surface area contributed by atoms with Gasteiger partial charge in [-0.2, -0.15) is 0 Å². The third-order valence-electron chi connectivity index (χ3n) is 1.93. The Bertz CT molecular complexity index is 429. The van der Waals surface area contributed by atoms with Crippen LogP contribution in [0.4, 0.5) is 5.69 Å². The highest BCUT2D eigenvalue weighted by Gasteiger charge is 2.25. The fraction of sp³-hybridized carbons (Fsp3) is 0.400. The normalized spacial score (nSPS) is 11.3. The summed E-state index contributed by atoms with van der Waals surface area (Å²) in [6.07, 6.45) is 0. The molecule has 1 rings (SSSR count). The van der Waals surface area contributed by atoms with Gasteiger partial charge in [0.1, 0.15) is 0 Å². The molecular weight excluding hydrogens is 290 g/mol. The van der Waals surface area contributed by atoms with Gasteiger partial charge in [-0.3, -0.25) is 10.1 Å². The molecule has 4 nitrogen and oxygen atoms in total. The third-order valence-corrected chi connectivity index (χ3v) is 3.62. The van der Waals surface area contributed by atoms with Crippen LogP contribution in [0.3, 0.4) is 0 Å². The lowest BCUT2D eigenvalue weighted by Gasteiger charge is -2.19. The second kappa shape index (κ2) is 4.55. The van der Waals surface area contributed by atoms with E-state index in [2.05, 4.69) is 15.9 Å². The zero-order chi connectivity index (χ0) is 12.5. The summed E-state index contributed by atoms with van der Waals surface area (Å²) >= 11 is 3.28. The summed E-state index contributed by atoms with van der Waals surface area (Å²) in [5.41, 5.74) is 0.651. The van der Waals surface area contributed by atoms with Crippen molar-refractivity contribution in [2.24, 2.45) is 0 Å². The molecule has 0 aliphatic carbocycles. The lowest BCUT2D eigenvalue weighted by molar-refractivity contribution is -0.386. The highest BCUT2D eigenvalue weighted by Crippen LogP contribution is 2.36. The molecule has 6 heteroatoms. The molecule has 0 N–H and O–H groups in total. The molecule has 0 aliphatic heterocycles. The molecule has 0 aliphatic rings. The molecule has 0 saturated heterocycles. The lowest BCUT2D eigenvalue weighted by atomic mass is 10.2. The molecular formula is C10H14BrNO3Si. The van der Waals surface area contributed by atoms with Gasteiger partial charge in [0.15, 0.2) is 5.75 Å². The average Bonchev–Trinajstić information content (AvgIpc) is 2.08.